The second-order valence-electron chi connectivity index (χ2n) is 4.46. The minimum atomic E-state index is -0.330. The number of ether oxygens (including phenoxy) is 1. The lowest BCUT2D eigenvalue weighted by atomic mass is 10.1. The van der Waals surface area contributed by atoms with Gasteiger partial charge in [-0.3, -0.25) is 4.90 Å². The summed E-state index contributed by atoms with van der Waals surface area (Å²) in [5.74, 6) is -0.330. The zero-order chi connectivity index (χ0) is 12.3. The summed E-state index contributed by atoms with van der Waals surface area (Å²) in [5.41, 5.74) is 6.65. The van der Waals surface area contributed by atoms with Crippen molar-refractivity contribution in [3.05, 3.63) is 29.6 Å². The number of hydrogen-bond acceptors (Lipinski definition) is 3. The molecular formula is C13H19FN2O. The number of rotatable bonds is 3. The van der Waals surface area contributed by atoms with Crippen molar-refractivity contribution in [2.75, 3.05) is 25.5 Å². The number of benzene rings is 1. The Morgan fingerprint density at radius 3 is 3.06 bits per heavy atom. The lowest BCUT2D eigenvalue weighted by molar-refractivity contribution is -0.0127. The molecule has 0 amide bonds. The van der Waals surface area contributed by atoms with Crippen LogP contribution in [0.4, 0.5) is 10.1 Å². The van der Waals surface area contributed by atoms with Crippen molar-refractivity contribution in [3.63, 3.8) is 0 Å². The second kappa shape index (κ2) is 5.47. The van der Waals surface area contributed by atoms with E-state index in [2.05, 4.69) is 11.8 Å². The highest BCUT2D eigenvalue weighted by atomic mass is 19.1. The molecular weight excluding hydrogens is 219 g/mol. The van der Waals surface area contributed by atoms with Crippen LogP contribution in [-0.4, -0.2) is 30.7 Å². The van der Waals surface area contributed by atoms with Crippen LogP contribution in [0.5, 0.6) is 0 Å². The van der Waals surface area contributed by atoms with E-state index in [4.69, 9.17) is 10.5 Å². The van der Waals surface area contributed by atoms with Crippen molar-refractivity contribution in [1.29, 1.82) is 0 Å². The Morgan fingerprint density at radius 1 is 1.53 bits per heavy atom. The Bertz CT molecular complexity index is 384. The quantitative estimate of drug-likeness (QED) is 0.819. The maximum Gasteiger partial charge on any atom is 0.146 e. The van der Waals surface area contributed by atoms with E-state index in [0.29, 0.717) is 6.04 Å². The van der Waals surface area contributed by atoms with Gasteiger partial charge in [0, 0.05) is 19.1 Å². The lowest BCUT2D eigenvalue weighted by Gasteiger charge is -2.35. The van der Waals surface area contributed by atoms with E-state index in [9.17, 15) is 4.39 Å². The standard InChI is InChI=1S/C13H19FN2O/c1-2-11-9-17-6-5-16(11)8-10-3-4-13(15)12(14)7-10/h3-4,7,11H,2,5-6,8-9,15H2,1H3. The average Bonchev–Trinajstić information content (AvgIpc) is 2.34. The molecule has 2 rings (SSSR count). The van der Waals surface area contributed by atoms with E-state index in [1.807, 2.05) is 6.07 Å². The van der Waals surface area contributed by atoms with Crippen molar-refractivity contribution in [3.8, 4) is 0 Å². The number of morpholine rings is 1. The van der Waals surface area contributed by atoms with Crippen LogP contribution in [-0.2, 0) is 11.3 Å². The third kappa shape index (κ3) is 2.96. The summed E-state index contributed by atoms with van der Waals surface area (Å²) in [7, 11) is 0. The fraction of sp³-hybridized carbons (Fsp3) is 0.538. The zero-order valence-electron chi connectivity index (χ0n) is 10.2. The molecule has 2 N–H and O–H groups in total. The molecule has 0 aliphatic carbocycles. The summed E-state index contributed by atoms with van der Waals surface area (Å²) in [6.45, 7) is 5.35. The van der Waals surface area contributed by atoms with Crippen LogP contribution in [0, 0.1) is 5.82 Å². The Kier molecular flexibility index (Phi) is 3.97. The summed E-state index contributed by atoms with van der Waals surface area (Å²) in [5, 5.41) is 0. The molecule has 0 saturated carbocycles. The number of hydrogen-bond donors (Lipinski definition) is 1. The van der Waals surface area contributed by atoms with Gasteiger partial charge in [-0.1, -0.05) is 13.0 Å². The molecule has 3 nitrogen and oxygen atoms in total. The lowest BCUT2D eigenvalue weighted by Crippen LogP contribution is -2.44. The summed E-state index contributed by atoms with van der Waals surface area (Å²) in [6, 6.07) is 5.48. The molecule has 1 saturated heterocycles. The first-order chi connectivity index (χ1) is 8.20. The third-order valence-electron chi connectivity index (χ3n) is 3.27. The predicted octanol–water partition coefficient (Wildman–Crippen LogP) is 2.02. The van der Waals surface area contributed by atoms with Gasteiger partial charge < -0.3 is 10.5 Å². The molecule has 17 heavy (non-hydrogen) atoms. The minimum absolute atomic E-state index is 0.211. The summed E-state index contributed by atoms with van der Waals surface area (Å²) < 4.78 is 18.8. The van der Waals surface area contributed by atoms with Gasteiger partial charge in [0.1, 0.15) is 5.82 Å². The fourth-order valence-corrected chi connectivity index (χ4v) is 2.18. The van der Waals surface area contributed by atoms with E-state index in [1.54, 1.807) is 6.07 Å². The molecule has 1 atom stereocenters. The largest absolute Gasteiger partial charge is 0.396 e. The van der Waals surface area contributed by atoms with Gasteiger partial charge >= 0.3 is 0 Å². The molecule has 1 unspecified atom stereocenters. The molecule has 0 aromatic heterocycles. The predicted molar refractivity (Wildman–Crippen MR) is 66.1 cm³/mol. The normalized spacial score (nSPS) is 21.6. The maximum absolute atomic E-state index is 13.3. The second-order valence-corrected chi connectivity index (χ2v) is 4.46. The number of nitrogens with two attached hydrogens (primary N) is 1. The monoisotopic (exact) mass is 238 g/mol. The molecule has 1 aliphatic rings. The molecule has 1 aromatic carbocycles. The van der Waals surface area contributed by atoms with Crippen molar-refractivity contribution in [2.24, 2.45) is 0 Å². The number of nitrogen functional groups attached to an aromatic ring is 1. The first-order valence-corrected chi connectivity index (χ1v) is 6.06. The first-order valence-electron chi connectivity index (χ1n) is 6.06. The number of halogens is 1. The summed E-state index contributed by atoms with van der Waals surface area (Å²) >= 11 is 0. The van der Waals surface area contributed by atoms with Gasteiger partial charge in [-0.15, -0.1) is 0 Å². The van der Waals surface area contributed by atoms with Crippen molar-refractivity contribution >= 4 is 5.69 Å². The smallest absolute Gasteiger partial charge is 0.146 e. The van der Waals surface area contributed by atoms with Crippen LogP contribution < -0.4 is 5.73 Å². The summed E-state index contributed by atoms with van der Waals surface area (Å²) in [4.78, 5) is 2.34. The van der Waals surface area contributed by atoms with Crippen LogP contribution in [0.25, 0.3) is 0 Å². The Balaban J connectivity index is 2.05. The molecule has 1 aliphatic heterocycles. The maximum atomic E-state index is 13.3. The van der Waals surface area contributed by atoms with Gasteiger partial charge in [0.05, 0.1) is 18.9 Å². The van der Waals surface area contributed by atoms with E-state index >= 15 is 0 Å². The molecule has 1 aromatic rings. The van der Waals surface area contributed by atoms with Crippen LogP contribution in [0.2, 0.25) is 0 Å². The Labute approximate surface area is 101 Å². The van der Waals surface area contributed by atoms with Crippen LogP contribution >= 0.6 is 0 Å². The van der Waals surface area contributed by atoms with E-state index in [1.165, 1.54) is 6.07 Å². The Hall–Kier alpha value is -1.13. The van der Waals surface area contributed by atoms with Gasteiger partial charge in [0.2, 0.25) is 0 Å². The van der Waals surface area contributed by atoms with Crippen LogP contribution in [0.1, 0.15) is 18.9 Å². The molecule has 1 heterocycles. The highest BCUT2D eigenvalue weighted by Crippen LogP contribution is 2.17. The number of nitrogens with zero attached hydrogens (tertiary/aromatic N) is 1. The zero-order valence-corrected chi connectivity index (χ0v) is 10.2. The molecule has 0 radical (unpaired) electrons. The van der Waals surface area contributed by atoms with Crippen molar-refractivity contribution < 1.29 is 9.13 Å². The van der Waals surface area contributed by atoms with Gasteiger partial charge in [-0.05, 0) is 24.1 Å². The molecule has 4 heteroatoms. The molecule has 1 fully saturated rings. The SMILES string of the molecule is CCC1COCCN1Cc1ccc(N)c(F)c1. The van der Waals surface area contributed by atoms with E-state index in [-0.39, 0.29) is 11.5 Å². The Morgan fingerprint density at radius 2 is 2.35 bits per heavy atom. The van der Waals surface area contributed by atoms with Crippen LogP contribution in [0.15, 0.2) is 18.2 Å². The first kappa shape index (κ1) is 12.3. The van der Waals surface area contributed by atoms with E-state index in [0.717, 1.165) is 38.3 Å². The minimum Gasteiger partial charge on any atom is -0.396 e. The molecule has 0 spiro atoms. The fourth-order valence-electron chi connectivity index (χ4n) is 2.18. The molecule has 94 valence electrons. The van der Waals surface area contributed by atoms with Crippen LogP contribution in [0.3, 0.4) is 0 Å². The topological polar surface area (TPSA) is 38.5 Å². The van der Waals surface area contributed by atoms with Gasteiger partial charge in [-0.2, -0.15) is 0 Å². The highest BCUT2D eigenvalue weighted by molar-refractivity contribution is 5.41. The van der Waals surface area contributed by atoms with Crippen molar-refractivity contribution in [2.45, 2.75) is 25.9 Å². The third-order valence-corrected chi connectivity index (χ3v) is 3.27. The summed E-state index contributed by atoms with van der Waals surface area (Å²) in [6.07, 6.45) is 1.05. The number of anilines is 1. The van der Waals surface area contributed by atoms with Gasteiger partial charge in [0.25, 0.3) is 0 Å². The van der Waals surface area contributed by atoms with Crippen molar-refractivity contribution in [1.82, 2.24) is 4.90 Å². The van der Waals surface area contributed by atoms with Gasteiger partial charge in [-0.25, -0.2) is 4.39 Å². The average molecular weight is 238 g/mol. The highest BCUT2D eigenvalue weighted by Gasteiger charge is 2.21. The van der Waals surface area contributed by atoms with Gasteiger partial charge in [0.15, 0.2) is 0 Å². The molecule has 0 bridgehead atoms. The van der Waals surface area contributed by atoms with E-state index < -0.39 is 0 Å².